The van der Waals surface area contributed by atoms with E-state index in [1.807, 2.05) is 30.3 Å². The molecule has 0 atom stereocenters. The predicted octanol–water partition coefficient (Wildman–Crippen LogP) is 3.50. The van der Waals surface area contributed by atoms with Gasteiger partial charge in [0.1, 0.15) is 6.61 Å². The highest BCUT2D eigenvalue weighted by Gasteiger charge is 2.13. The van der Waals surface area contributed by atoms with Crippen molar-refractivity contribution in [3.05, 3.63) is 35.9 Å². The van der Waals surface area contributed by atoms with Gasteiger partial charge >= 0.3 is 6.09 Å². The molecular weight excluding hydrogens is 444 g/mol. The van der Waals surface area contributed by atoms with Crippen molar-refractivity contribution in [1.29, 1.82) is 0 Å². The summed E-state index contributed by atoms with van der Waals surface area (Å²) in [5, 5.41) is 0. The third-order valence-corrected chi connectivity index (χ3v) is 3.14. The maximum atomic E-state index is 11.8. The van der Waals surface area contributed by atoms with Gasteiger partial charge in [-0.15, -0.1) is 0 Å². The summed E-state index contributed by atoms with van der Waals surface area (Å²) in [6, 6.07) is 9.74. The van der Waals surface area contributed by atoms with Gasteiger partial charge in [0, 0.05) is 21.9 Å². The van der Waals surface area contributed by atoms with E-state index in [9.17, 15) is 4.79 Å². The van der Waals surface area contributed by atoms with Gasteiger partial charge in [0.05, 0.1) is 0 Å². The van der Waals surface area contributed by atoms with E-state index in [1.165, 1.54) is 0 Å². The Labute approximate surface area is 129 Å². The van der Waals surface area contributed by atoms with Crippen LogP contribution in [0.25, 0.3) is 0 Å². The summed E-state index contributed by atoms with van der Waals surface area (Å²) in [6.45, 7) is 1.84. The lowest BCUT2D eigenvalue weighted by atomic mass is 10.2. The second kappa shape index (κ2) is 8.96. The molecule has 1 aromatic rings. The molecule has 1 rings (SSSR count). The van der Waals surface area contributed by atoms with Gasteiger partial charge < -0.3 is 9.64 Å². The van der Waals surface area contributed by atoms with Crippen molar-refractivity contribution in [2.75, 3.05) is 21.9 Å². The minimum Gasteiger partial charge on any atom is -0.445 e. The van der Waals surface area contributed by atoms with Gasteiger partial charge in [-0.05, 0) is 5.56 Å². The molecule has 0 aromatic heterocycles. The Morgan fingerprint density at radius 3 is 2.24 bits per heavy atom. The van der Waals surface area contributed by atoms with E-state index in [0.717, 1.165) is 27.5 Å². The average Bonchev–Trinajstić information content (AvgIpc) is 2.37. The Hall–Kier alpha value is -0.0500. The highest BCUT2D eigenvalue weighted by molar-refractivity contribution is 14.1. The van der Waals surface area contributed by atoms with Crippen LogP contribution in [0.15, 0.2) is 30.3 Å². The molecule has 0 aliphatic heterocycles. The van der Waals surface area contributed by atoms with Crippen LogP contribution in [-0.4, -0.2) is 32.9 Å². The molecule has 0 fully saturated rings. The fourth-order valence-electron chi connectivity index (χ4n) is 1.31. The first-order chi connectivity index (χ1) is 8.27. The van der Waals surface area contributed by atoms with Crippen LogP contribution in [0.3, 0.4) is 0 Å². The molecule has 0 radical (unpaired) electrons. The normalized spacial score (nSPS) is 10.0. The zero-order valence-corrected chi connectivity index (χ0v) is 13.8. The fraction of sp³-hybridized carbons (Fsp3) is 0.417. The minimum absolute atomic E-state index is 0.220. The summed E-state index contributed by atoms with van der Waals surface area (Å²) in [6.07, 6.45) is -0.220. The number of hydrogen-bond acceptors (Lipinski definition) is 2. The predicted molar refractivity (Wildman–Crippen MR) is 86.0 cm³/mol. The molecule has 0 saturated carbocycles. The van der Waals surface area contributed by atoms with Crippen LogP contribution >= 0.6 is 45.2 Å². The summed E-state index contributed by atoms with van der Waals surface area (Å²) >= 11 is 4.53. The molecule has 0 aliphatic carbocycles. The lowest BCUT2D eigenvalue weighted by molar-refractivity contribution is 0.101. The number of rotatable bonds is 6. The van der Waals surface area contributed by atoms with Crippen molar-refractivity contribution in [3.8, 4) is 0 Å². The second-order valence-corrected chi connectivity index (χ2v) is 5.56. The molecule has 0 N–H and O–H groups in total. The number of carbonyl (C=O) groups is 1. The smallest absolute Gasteiger partial charge is 0.410 e. The standard InChI is InChI=1S/C12H15I2NO2/c13-6-8-15(9-7-14)12(16)17-10-11-4-2-1-3-5-11/h1-5H,6-10H2. The number of benzene rings is 1. The first-order valence-corrected chi connectivity index (χ1v) is 8.40. The first-order valence-electron chi connectivity index (χ1n) is 5.35. The number of carbonyl (C=O) groups excluding carboxylic acids is 1. The molecule has 1 amide bonds. The maximum absolute atomic E-state index is 11.8. The third-order valence-electron chi connectivity index (χ3n) is 2.17. The monoisotopic (exact) mass is 459 g/mol. The summed E-state index contributed by atoms with van der Waals surface area (Å²) in [5.41, 5.74) is 1.02. The minimum atomic E-state index is -0.220. The van der Waals surface area contributed by atoms with Gasteiger partial charge in [0.15, 0.2) is 0 Å². The Balaban J connectivity index is 2.41. The van der Waals surface area contributed by atoms with Crippen LogP contribution in [0.5, 0.6) is 0 Å². The molecular formula is C12H15I2NO2. The Bertz CT molecular complexity index is 327. The van der Waals surface area contributed by atoms with Gasteiger partial charge in [-0.25, -0.2) is 4.79 Å². The van der Waals surface area contributed by atoms with Crippen molar-refractivity contribution >= 4 is 51.3 Å². The lowest BCUT2D eigenvalue weighted by Crippen LogP contribution is -2.34. The molecule has 0 unspecified atom stereocenters. The summed E-state index contributed by atoms with van der Waals surface area (Å²) in [4.78, 5) is 13.5. The number of hydrogen-bond donors (Lipinski definition) is 0. The zero-order chi connectivity index (χ0) is 12.5. The quantitative estimate of drug-likeness (QED) is 0.482. The average molecular weight is 459 g/mol. The van der Waals surface area contributed by atoms with E-state index < -0.39 is 0 Å². The largest absolute Gasteiger partial charge is 0.445 e. The molecule has 0 aliphatic rings. The third kappa shape index (κ3) is 5.89. The van der Waals surface area contributed by atoms with E-state index in [2.05, 4.69) is 45.2 Å². The second-order valence-electron chi connectivity index (χ2n) is 3.41. The highest BCUT2D eigenvalue weighted by Crippen LogP contribution is 2.04. The molecule has 5 heteroatoms. The van der Waals surface area contributed by atoms with Gasteiger partial charge in [-0.1, -0.05) is 75.5 Å². The molecule has 0 saturated heterocycles. The molecule has 0 bridgehead atoms. The Kier molecular flexibility index (Phi) is 7.91. The number of alkyl halides is 2. The SMILES string of the molecule is O=C(OCc1ccccc1)N(CCI)CCI. The van der Waals surface area contributed by atoms with Gasteiger partial charge in [0.25, 0.3) is 0 Å². The maximum Gasteiger partial charge on any atom is 0.410 e. The van der Waals surface area contributed by atoms with E-state index >= 15 is 0 Å². The van der Waals surface area contributed by atoms with Crippen molar-refractivity contribution in [3.63, 3.8) is 0 Å². The van der Waals surface area contributed by atoms with Crippen LogP contribution in [0.4, 0.5) is 4.79 Å². The van der Waals surface area contributed by atoms with Crippen molar-refractivity contribution in [2.45, 2.75) is 6.61 Å². The summed E-state index contributed by atoms with van der Waals surface area (Å²) in [5.74, 6) is 0. The van der Waals surface area contributed by atoms with Gasteiger partial charge in [-0.3, -0.25) is 0 Å². The fourth-order valence-corrected chi connectivity index (χ4v) is 2.47. The van der Waals surface area contributed by atoms with Gasteiger partial charge in [-0.2, -0.15) is 0 Å². The van der Waals surface area contributed by atoms with E-state index in [-0.39, 0.29) is 6.09 Å². The Morgan fingerprint density at radius 2 is 1.71 bits per heavy atom. The molecule has 3 nitrogen and oxygen atoms in total. The first kappa shape index (κ1) is 15.0. The molecule has 1 aromatic carbocycles. The number of halogens is 2. The lowest BCUT2D eigenvalue weighted by Gasteiger charge is -2.20. The van der Waals surface area contributed by atoms with E-state index in [1.54, 1.807) is 4.90 Å². The highest BCUT2D eigenvalue weighted by atomic mass is 127. The summed E-state index contributed by atoms with van der Waals surface area (Å²) < 4.78 is 7.13. The number of ether oxygens (including phenoxy) is 1. The topological polar surface area (TPSA) is 29.5 Å². The van der Waals surface area contributed by atoms with Crippen LogP contribution < -0.4 is 0 Å². The van der Waals surface area contributed by atoms with Crippen LogP contribution in [0.2, 0.25) is 0 Å². The van der Waals surface area contributed by atoms with Crippen molar-refractivity contribution in [2.24, 2.45) is 0 Å². The zero-order valence-electron chi connectivity index (χ0n) is 9.44. The molecule has 0 heterocycles. The van der Waals surface area contributed by atoms with Crippen molar-refractivity contribution in [1.82, 2.24) is 4.90 Å². The van der Waals surface area contributed by atoms with Crippen molar-refractivity contribution < 1.29 is 9.53 Å². The van der Waals surface area contributed by atoms with E-state index in [4.69, 9.17) is 4.74 Å². The number of nitrogens with zero attached hydrogens (tertiary/aromatic N) is 1. The molecule has 17 heavy (non-hydrogen) atoms. The Morgan fingerprint density at radius 1 is 1.12 bits per heavy atom. The summed E-state index contributed by atoms with van der Waals surface area (Å²) in [7, 11) is 0. The van der Waals surface area contributed by atoms with Crippen LogP contribution in [0, 0.1) is 0 Å². The molecule has 94 valence electrons. The van der Waals surface area contributed by atoms with E-state index in [0.29, 0.717) is 6.61 Å². The molecule has 0 spiro atoms. The van der Waals surface area contributed by atoms with Crippen LogP contribution in [0.1, 0.15) is 5.56 Å². The number of amides is 1. The van der Waals surface area contributed by atoms with Gasteiger partial charge in [0.2, 0.25) is 0 Å². The van der Waals surface area contributed by atoms with Crippen LogP contribution in [-0.2, 0) is 11.3 Å².